The van der Waals surface area contributed by atoms with Crippen LogP contribution in [0.15, 0.2) is 0 Å². The normalized spacial score (nSPS) is 36.7. The first-order valence-electron chi connectivity index (χ1n) is 4.42. The van der Waals surface area contributed by atoms with E-state index in [0.717, 1.165) is 13.1 Å². The van der Waals surface area contributed by atoms with Gasteiger partial charge in [0.15, 0.2) is 0 Å². The van der Waals surface area contributed by atoms with Crippen molar-refractivity contribution >= 4 is 21.8 Å². The van der Waals surface area contributed by atoms with Gasteiger partial charge in [-0.1, -0.05) is 29.8 Å². The van der Waals surface area contributed by atoms with Gasteiger partial charge in [-0.2, -0.15) is 0 Å². The van der Waals surface area contributed by atoms with Gasteiger partial charge in [0.25, 0.3) is 0 Å². The fourth-order valence-electron chi connectivity index (χ4n) is 1.79. The van der Waals surface area contributed by atoms with Gasteiger partial charge in [0.2, 0.25) is 5.91 Å². The minimum Gasteiger partial charge on any atom is -0.342 e. The smallest absolute Gasteiger partial charge is 0.219 e. The summed E-state index contributed by atoms with van der Waals surface area (Å²) in [5.74, 6) is 1.34. The number of hydrogen-bond donors (Lipinski definition) is 0. The molecular formula is C9H16BrNO. The summed E-state index contributed by atoms with van der Waals surface area (Å²) in [5.41, 5.74) is 0. The van der Waals surface area contributed by atoms with E-state index in [1.807, 2.05) is 4.90 Å². The molecule has 0 spiro atoms. The van der Waals surface area contributed by atoms with Gasteiger partial charge in [-0.05, 0) is 11.8 Å². The monoisotopic (exact) mass is 233 g/mol. The predicted octanol–water partition coefficient (Wildman–Crippen LogP) is 1.88. The Kier molecular flexibility index (Phi) is 3.16. The first-order chi connectivity index (χ1) is 5.52. The molecule has 0 aromatic heterocycles. The van der Waals surface area contributed by atoms with Crippen molar-refractivity contribution in [2.75, 3.05) is 13.1 Å². The molecule has 1 heterocycles. The molecule has 70 valence electrons. The maximum absolute atomic E-state index is 11.1. The van der Waals surface area contributed by atoms with Crippen molar-refractivity contribution in [2.24, 2.45) is 11.8 Å². The van der Waals surface area contributed by atoms with Crippen molar-refractivity contribution < 1.29 is 4.79 Å². The number of hydrogen-bond acceptors (Lipinski definition) is 1. The number of rotatable bonds is 0. The van der Waals surface area contributed by atoms with Crippen LogP contribution in [0.2, 0.25) is 0 Å². The third kappa shape index (κ3) is 2.00. The Morgan fingerprint density at radius 2 is 1.75 bits per heavy atom. The topological polar surface area (TPSA) is 20.3 Å². The molecule has 1 aliphatic heterocycles. The highest BCUT2D eigenvalue weighted by atomic mass is 79.9. The summed E-state index contributed by atoms with van der Waals surface area (Å²) in [6.45, 7) is 7.81. The van der Waals surface area contributed by atoms with Crippen LogP contribution in [0, 0.1) is 11.8 Å². The number of likely N-dealkylation sites (tertiary alicyclic amines) is 1. The molecule has 0 saturated carbocycles. The fourth-order valence-corrected chi connectivity index (χ4v) is 2.12. The van der Waals surface area contributed by atoms with Crippen LogP contribution in [0.5, 0.6) is 0 Å². The molecule has 0 aromatic rings. The van der Waals surface area contributed by atoms with Gasteiger partial charge in [-0.15, -0.1) is 0 Å². The first-order valence-corrected chi connectivity index (χ1v) is 5.33. The summed E-state index contributed by atoms with van der Waals surface area (Å²) in [7, 11) is 0. The minimum absolute atomic E-state index is 0.202. The Morgan fingerprint density at radius 3 is 2.08 bits per heavy atom. The quantitative estimate of drug-likeness (QED) is 0.586. The number of carbonyl (C=O) groups is 1. The van der Waals surface area contributed by atoms with Crippen LogP contribution in [0.3, 0.4) is 0 Å². The molecule has 0 radical (unpaired) electrons. The van der Waals surface area contributed by atoms with Crippen molar-refractivity contribution in [3.63, 3.8) is 0 Å². The van der Waals surface area contributed by atoms with Crippen molar-refractivity contribution in [1.29, 1.82) is 0 Å². The van der Waals surface area contributed by atoms with E-state index in [9.17, 15) is 4.79 Å². The van der Waals surface area contributed by atoms with Crippen LogP contribution in [-0.2, 0) is 4.79 Å². The highest BCUT2D eigenvalue weighted by molar-refractivity contribution is 9.09. The molecule has 1 rings (SSSR count). The standard InChI is InChI=1S/C9H16BrNO/c1-6-4-11(8(3)12)5-7(2)9(6)10/h6-7,9H,4-5H2,1-3H3. The number of alkyl halides is 1. The van der Waals surface area contributed by atoms with Gasteiger partial charge >= 0.3 is 0 Å². The number of nitrogens with zero attached hydrogens (tertiary/aromatic N) is 1. The predicted molar refractivity (Wildman–Crippen MR) is 53.3 cm³/mol. The third-order valence-electron chi connectivity index (χ3n) is 2.55. The Balaban J connectivity index is 2.59. The van der Waals surface area contributed by atoms with Gasteiger partial charge in [0, 0.05) is 24.8 Å². The largest absolute Gasteiger partial charge is 0.342 e. The average molecular weight is 234 g/mol. The van der Waals surface area contributed by atoms with Crippen LogP contribution >= 0.6 is 15.9 Å². The van der Waals surface area contributed by atoms with Crippen molar-refractivity contribution in [3.05, 3.63) is 0 Å². The molecule has 0 aliphatic carbocycles. The van der Waals surface area contributed by atoms with E-state index in [2.05, 4.69) is 29.8 Å². The molecular weight excluding hydrogens is 218 g/mol. The van der Waals surface area contributed by atoms with Crippen LogP contribution in [-0.4, -0.2) is 28.7 Å². The summed E-state index contributed by atoms with van der Waals surface area (Å²) >= 11 is 3.66. The zero-order valence-electron chi connectivity index (χ0n) is 7.88. The highest BCUT2D eigenvalue weighted by Gasteiger charge is 2.30. The molecule has 0 bridgehead atoms. The van der Waals surface area contributed by atoms with Gasteiger partial charge in [-0.3, -0.25) is 4.79 Å². The number of carbonyl (C=O) groups excluding carboxylic acids is 1. The zero-order valence-corrected chi connectivity index (χ0v) is 9.47. The van der Waals surface area contributed by atoms with Gasteiger partial charge in [-0.25, -0.2) is 0 Å². The lowest BCUT2D eigenvalue weighted by atomic mass is 9.92. The van der Waals surface area contributed by atoms with Crippen molar-refractivity contribution in [1.82, 2.24) is 4.90 Å². The molecule has 2 nitrogen and oxygen atoms in total. The molecule has 2 atom stereocenters. The van der Waals surface area contributed by atoms with Gasteiger partial charge < -0.3 is 4.90 Å². The van der Waals surface area contributed by atoms with E-state index < -0.39 is 0 Å². The van der Waals surface area contributed by atoms with E-state index in [1.165, 1.54) is 0 Å². The highest BCUT2D eigenvalue weighted by Crippen LogP contribution is 2.27. The summed E-state index contributed by atoms with van der Waals surface area (Å²) in [6.07, 6.45) is 0. The van der Waals surface area contributed by atoms with E-state index >= 15 is 0 Å². The lowest BCUT2D eigenvalue weighted by Gasteiger charge is -2.38. The van der Waals surface area contributed by atoms with Crippen molar-refractivity contribution in [3.8, 4) is 0 Å². The molecule has 1 amide bonds. The Bertz CT molecular complexity index is 171. The summed E-state index contributed by atoms with van der Waals surface area (Å²) in [4.78, 5) is 13.6. The fraction of sp³-hybridized carbons (Fsp3) is 0.889. The maximum atomic E-state index is 11.1. The molecule has 3 heteroatoms. The maximum Gasteiger partial charge on any atom is 0.219 e. The molecule has 1 fully saturated rings. The van der Waals surface area contributed by atoms with E-state index in [0.29, 0.717) is 16.7 Å². The summed E-state index contributed by atoms with van der Waals surface area (Å²) < 4.78 is 0. The van der Waals surface area contributed by atoms with Crippen molar-refractivity contribution in [2.45, 2.75) is 25.6 Å². The Morgan fingerprint density at radius 1 is 1.33 bits per heavy atom. The number of halogens is 1. The lowest BCUT2D eigenvalue weighted by Crippen LogP contribution is -2.46. The SMILES string of the molecule is CC(=O)N1CC(C)C(Br)C(C)C1. The molecule has 0 N–H and O–H groups in total. The van der Waals surface area contributed by atoms with Gasteiger partial charge in [0.1, 0.15) is 0 Å². The third-order valence-corrected chi connectivity index (χ3v) is 4.35. The summed E-state index contributed by atoms with van der Waals surface area (Å²) in [5, 5.41) is 0. The summed E-state index contributed by atoms with van der Waals surface area (Å²) in [6, 6.07) is 0. The average Bonchev–Trinajstić information content (AvgIpc) is 1.99. The zero-order chi connectivity index (χ0) is 9.30. The van der Waals surface area contributed by atoms with Gasteiger partial charge in [0.05, 0.1) is 0 Å². The van der Waals surface area contributed by atoms with Crippen LogP contribution in [0.4, 0.5) is 0 Å². The van der Waals surface area contributed by atoms with Crippen LogP contribution < -0.4 is 0 Å². The Labute approximate surface area is 82.4 Å². The second kappa shape index (κ2) is 3.77. The minimum atomic E-state index is 0.202. The van der Waals surface area contributed by atoms with E-state index in [-0.39, 0.29) is 5.91 Å². The molecule has 0 aromatic carbocycles. The van der Waals surface area contributed by atoms with Crippen LogP contribution in [0.1, 0.15) is 20.8 Å². The molecule has 12 heavy (non-hydrogen) atoms. The first kappa shape index (κ1) is 10.0. The lowest BCUT2D eigenvalue weighted by molar-refractivity contribution is -0.131. The van der Waals surface area contributed by atoms with Crippen LogP contribution in [0.25, 0.3) is 0 Å². The second-order valence-electron chi connectivity index (χ2n) is 3.82. The number of amides is 1. The second-order valence-corrected chi connectivity index (χ2v) is 4.88. The van der Waals surface area contributed by atoms with E-state index in [1.54, 1.807) is 6.92 Å². The molecule has 1 saturated heterocycles. The Hall–Kier alpha value is -0.0500. The number of piperidine rings is 1. The van der Waals surface area contributed by atoms with E-state index in [4.69, 9.17) is 0 Å². The molecule has 2 unspecified atom stereocenters. The molecule has 1 aliphatic rings.